The number of hydrogen-bond acceptors (Lipinski definition) is 2. The molecule has 1 rings (SSSR count). The average Bonchev–Trinajstić information content (AvgIpc) is 2.37. The maximum atomic E-state index is 12.6. The molecular weight excluding hydrogens is 255 g/mol. The van der Waals surface area contributed by atoms with E-state index in [4.69, 9.17) is 4.74 Å². The van der Waals surface area contributed by atoms with Gasteiger partial charge in [0, 0.05) is 6.54 Å². The Kier molecular flexibility index (Phi) is 6.31. The third-order valence-electron chi connectivity index (χ3n) is 2.76. The van der Waals surface area contributed by atoms with Gasteiger partial charge in [0.25, 0.3) is 0 Å². The molecule has 0 spiro atoms. The zero-order chi connectivity index (χ0) is 14.3. The minimum Gasteiger partial charge on any atom is -0.360 e. The number of ether oxygens (including phenoxy) is 1. The van der Waals surface area contributed by atoms with Gasteiger partial charge in [-0.25, -0.2) is 0 Å². The second-order valence-corrected chi connectivity index (χ2v) is 4.42. The molecule has 5 heteroatoms. The molecule has 1 aromatic carbocycles. The molecule has 0 heterocycles. The van der Waals surface area contributed by atoms with Crippen molar-refractivity contribution < 1.29 is 17.9 Å². The van der Waals surface area contributed by atoms with Crippen LogP contribution in [0.2, 0.25) is 0 Å². The summed E-state index contributed by atoms with van der Waals surface area (Å²) < 4.78 is 42.9. The van der Waals surface area contributed by atoms with Crippen LogP contribution in [0.5, 0.6) is 0 Å². The van der Waals surface area contributed by atoms with Crippen LogP contribution in [0.3, 0.4) is 0 Å². The molecule has 19 heavy (non-hydrogen) atoms. The number of halogens is 3. The van der Waals surface area contributed by atoms with Crippen molar-refractivity contribution in [1.82, 2.24) is 5.32 Å². The highest BCUT2D eigenvalue weighted by molar-refractivity contribution is 5.18. The van der Waals surface area contributed by atoms with Crippen molar-refractivity contribution in [3.8, 4) is 0 Å². The van der Waals surface area contributed by atoms with Crippen molar-refractivity contribution in [1.29, 1.82) is 0 Å². The lowest BCUT2D eigenvalue weighted by Crippen LogP contribution is -2.33. The maximum Gasteiger partial charge on any atom is 0.414 e. The van der Waals surface area contributed by atoms with Crippen LogP contribution in [-0.4, -0.2) is 25.4 Å². The molecule has 0 bridgehead atoms. The first-order chi connectivity index (χ1) is 8.95. The third-order valence-corrected chi connectivity index (χ3v) is 2.76. The van der Waals surface area contributed by atoms with Crippen molar-refractivity contribution in [2.24, 2.45) is 0 Å². The number of benzene rings is 1. The first-order valence-electron chi connectivity index (χ1n) is 6.43. The van der Waals surface area contributed by atoms with Gasteiger partial charge in [0.05, 0.1) is 6.10 Å². The van der Waals surface area contributed by atoms with Crippen LogP contribution >= 0.6 is 0 Å². The summed E-state index contributed by atoms with van der Waals surface area (Å²) in [6.45, 7) is 4.17. The zero-order valence-electron chi connectivity index (χ0n) is 11.2. The van der Waals surface area contributed by atoms with Crippen LogP contribution < -0.4 is 5.32 Å². The molecule has 108 valence electrons. The SMILES string of the molecule is CCCNCC(OC(C)C(F)(F)F)c1ccccc1. The minimum absolute atomic E-state index is 0.373. The van der Waals surface area contributed by atoms with E-state index in [0.29, 0.717) is 6.54 Å². The summed E-state index contributed by atoms with van der Waals surface area (Å²) in [5.41, 5.74) is 0.752. The fourth-order valence-electron chi connectivity index (χ4n) is 1.65. The van der Waals surface area contributed by atoms with Crippen LogP contribution in [-0.2, 0) is 4.74 Å². The Hall–Kier alpha value is -1.07. The number of nitrogens with one attached hydrogen (secondary N) is 1. The molecular formula is C14H20F3NO. The largest absolute Gasteiger partial charge is 0.414 e. The molecule has 0 saturated heterocycles. The topological polar surface area (TPSA) is 21.3 Å². The molecule has 0 aliphatic rings. The van der Waals surface area contributed by atoms with E-state index >= 15 is 0 Å². The van der Waals surface area contributed by atoms with Crippen molar-refractivity contribution in [3.05, 3.63) is 35.9 Å². The summed E-state index contributed by atoms with van der Waals surface area (Å²) in [6.07, 6.45) is -5.78. The summed E-state index contributed by atoms with van der Waals surface area (Å²) >= 11 is 0. The fourth-order valence-corrected chi connectivity index (χ4v) is 1.65. The van der Waals surface area contributed by atoms with E-state index in [1.807, 2.05) is 13.0 Å². The van der Waals surface area contributed by atoms with E-state index < -0.39 is 18.4 Å². The maximum absolute atomic E-state index is 12.6. The van der Waals surface area contributed by atoms with Crippen molar-refractivity contribution in [2.75, 3.05) is 13.1 Å². The Morgan fingerprint density at radius 3 is 2.37 bits per heavy atom. The number of rotatable bonds is 7. The predicted octanol–water partition coefficient (Wildman–Crippen LogP) is 3.69. The summed E-state index contributed by atoms with van der Waals surface area (Å²) in [6, 6.07) is 8.98. The van der Waals surface area contributed by atoms with Gasteiger partial charge < -0.3 is 10.1 Å². The van der Waals surface area contributed by atoms with Gasteiger partial charge in [0.1, 0.15) is 0 Å². The Balaban J connectivity index is 2.70. The Morgan fingerprint density at radius 2 is 1.84 bits per heavy atom. The zero-order valence-corrected chi connectivity index (χ0v) is 11.2. The summed E-state index contributed by atoms with van der Waals surface area (Å²) in [5.74, 6) is 0. The molecule has 0 aliphatic carbocycles. The first-order valence-corrected chi connectivity index (χ1v) is 6.43. The van der Waals surface area contributed by atoms with Gasteiger partial charge in [-0.2, -0.15) is 13.2 Å². The molecule has 1 aromatic rings. The molecule has 0 fully saturated rings. The Morgan fingerprint density at radius 1 is 1.21 bits per heavy atom. The molecule has 1 N–H and O–H groups in total. The van der Waals surface area contributed by atoms with Gasteiger partial charge in [0.15, 0.2) is 6.10 Å². The summed E-state index contributed by atoms with van der Waals surface area (Å²) in [4.78, 5) is 0. The number of hydrogen-bond donors (Lipinski definition) is 1. The second kappa shape index (κ2) is 7.50. The molecule has 0 aromatic heterocycles. The Bertz CT molecular complexity index is 353. The third kappa shape index (κ3) is 5.61. The van der Waals surface area contributed by atoms with Gasteiger partial charge in [-0.3, -0.25) is 0 Å². The van der Waals surface area contributed by atoms with E-state index in [1.165, 1.54) is 0 Å². The van der Waals surface area contributed by atoms with E-state index in [9.17, 15) is 13.2 Å². The molecule has 0 saturated carbocycles. The van der Waals surface area contributed by atoms with Gasteiger partial charge >= 0.3 is 6.18 Å². The van der Waals surface area contributed by atoms with Crippen LogP contribution in [0.15, 0.2) is 30.3 Å². The average molecular weight is 275 g/mol. The lowest BCUT2D eigenvalue weighted by molar-refractivity contribution is -0.227. The van der Waals surface area contributed by atoms with E-state index in [2.05, 4.69) is 5.32 Å². The molecule has 0 aliphatic heterocycles. The van der Waals surface area contributed by atoms with Gasteiger partial charge in [-0.1, -0.05) is 37.3 Å². The molecule has 2 atom stereocenters. The fraction of sp³-hybridized carbons (Fsp3) is 0.571. The summed E-state index contributed by atoms with van der Waals surface area (Å²) in [7, 11) is 0. The van der Waals surface area contributed by atoms with Gasteiger partial charge in [0.2, 0.25) is 0 Å². The van der Waals surface area contributed by atoms with Crippen LogP contribution in [0.25, 0.3) is 0 Å². The monoisotopic (exact) mass is 275 g/mol. The van der Waals surface area contributed by atoms with Crippen LogP contribution in [0, 0.1) is 0 Å². The van der Waals surface area contributed by atoms with Crippen molar-refractivity contribution in [2.45, 2.75) is 38.7 Å². The molecule has 2 nitrogen and oxygen atoms in total. The second-order valence-electron chi connectivity index (χ2n) is 4.42. The molecule has 2 unspecified atom stereocenters. The predicted molar refractivity (Wildman–Crippen MR) is 68.9 cm³/mol. The van der Waals surface area contributed by atoms with Gasteiger partial charge in [-0.15, -0.1) is 0 Å². The Labute approximate surface area is 112 Å². The van der Waals surface area contributed by atoms with Crippen molar-refractivity contribution in [3.63, 3.8) is 0 Å². The van der Waals surface area contributed by atoms with Gasteiger partial charge in [-0.05, 0) is 25.5 Å². The standard InChI is InChI=1S/C14H20F3NO/c1-3-9-18-10-13(12-7-5-4-6-8-12)19-11(2)14(15,16)17/h4-8,11,13,18H,3,9-10H2,1-2H3. The highest BCUT2D eigenvalue weighted by Crippen LogP contribution is 2.27. The van der Waals surface area contributed by atoms with Crippen molar-refractivity contribution >= 4 is 0 Å². The summed E-state index contributed by atoms with van der Waals surface area (Å²) in [5, 5.41) is 3.10. The van der Waals surface area contributed by atoms with E-state index in [0.717, 1.165) is 25.5 Å². The van der Waals surface area contributed by atoms with Crippen LogP contribution in [0.1, 0.15) is 31.9 Å². The minimum atomic E-state index is -4.34. The lowest BCUT2D eigenvalue weighted by atomic mass is 10.1. The smallest absolute Gasteiger partial charge is 0.360 e. The normalized spacial score (nSPS) is 15.2. The van der Waals surface area contributed by atoms with Crippen LogP contribution in [0.4, 0.5) is 13.2 Å². The molecule has 0 radical (unpaired) electrons. The highest BCUT2D eigenvalue weighted by Gasteiger charge is 2.38. The quantitative estimate of drug-likeness (QED) is 0.766. The lowest BCUT2D eigenvalue weighted by Gasteiger charge is -2.24. The van der Waals surface area contributed by atoms with E-state index in [-0.39, 0.29) is 0 Å². The number of alkyl halides is 3. The highest BCUT2D eigenvalue weighted by atomic mass is 19.4. The first kappa shape index (κ1) is 16.0. The molecule has 0 amide bonds. The van der Waals surface area contributed by atoms with E-state index in [1.54, 1.807) is 24.3 Å².